The van der Waals surface area contributed by atoms with Crippen molar-refractivity contribution in [3.05, 3.63) is 23.8 Å². The first-order chi connectivity index (χ1) is 7.81. The van der Waals surface area contributed by atoms with Crippen LogP contribution in [0.25, 0.3) is 0 Å². The molecule has 0 aromatic heterocycles. The van der Waals surface area contributed by atoms with E-state index in [2.05, 4.69) is 12.6 Å². The third-order valence-electron chi connectivity index (χ3n) is 2.56. The van der Waals surface area contributed by atoms with Gasteiger partial charge in [-0.25, -0.2) is 0 Å². The number of hydrogen-bond donors (Lipinski definition) is 2. The largest absolute Gasteiger partial charge is 0.490 e. The van der Waals surface area contributed by atoms with Gasteiger partial charge in [0.05, 0.1) is 19.3 Å². The van der Waals surface area contributed by atoms with E-state index in [1.165, 1.54) is 0 Å². The molecule has 16 heavy (non-hydrogen) atoms. The predicted octanol–water partition coefficient (Wildman–Crippen LogP) is 2.20. The first-order valence-corrected chi connectivity index (χ1v) is 6.13. The van der Waals surface area contributed by atoms with Crippen molar-refractivity contribution in [3.8, 4) is 11.5 Å². The lowest BCUT2D eigenvalue weighted by Gasteiger charge is -2.13. The molecule has 1 aromatic carbocycles. The zero-order chi connectivity index (χ0) is 11.4. The van der Waals surface area contributed by atoms with Crippen LogP contribution in [0.15, 0.2) is 18.2 Å². The Morgan fingerprint density at radius 3 is 2.75 bits per heavy atom. The van der Waals surface area contributed by atoms with Crippen molar-refractivity contribution in [2.24, 2.45) is 0 Å². The summed E-state index contributed by atoms with van der Waals surface area (Å²) in [6.07, 6.45) is 1.06. The predicted molar refractivity (Wildman–Crippen MR) is 65.5 cm³/mol. The molecule has 4 heteroatoms. The number of thiol groups is 1. The molecule has 0 saturated heterocycles. The number of ether oxygens (including phenoxy) is 2. The van der Waals surface area contributed by atoms with Crippen molar-refractivity contribution >= 4 is 12.6 Å². The van der Waals surface area contributed by atoms with Crippen molar-refractivity contribution in [3.63, 3.8) is 0 Å². The Morgan fingerprint density at radius 2 is 2.00 bits per heavy atom. The highest BCUT2D eigenvalue weighted by atomic mass is 32.1. The molecule has 0 fully saturated rings. The van der Waals surface area contributed by atoms with Crippen molar-refractivity contribution < 1.29 is 14.6 Å². The smallest absolute Gasteiger partial charge is 0.161 e. The summed E-state index contributed by atoms with van der Waals surface area (Å²) in [5.41, 5.74) is 0.860. The quantitative estimate of drug-likeness (QED) is 0.796. The first kappa shape index (κ1) is 11.6. The van der Waals surface area contributed by atoms with E-state index in [0.29, 0.717) is 25.4 Å². The van der Waals surface area contributed by atoms with E-state index in [4.69, 9.17) is 9.47 Å². The highest BCUT2D eigenvalue weighted by molar-refractivity contribution is 7.80. The number of aliphatic hydroxyl groups is 1. The van der Waals surface area contributed by atoms with Gasteiger partial charge in [0.25, 0.3) is 0 Å². The van der Waals surface area contributed by atoms with E-state index in [-0.39, 0.29) is 0 Å². The molecule has 0 saturated carbocycles. The second-order valence-electron chi connectivity index (χ2n) is 3.78. The van der Waals surface area contributed by atoms with Crippen LogP contribution in [0.3, 0.4) is 0 Å². The Bertz CT molecular complexity index is 354. The van der Waals surface area contributed by atoms with Gasteiger partial charge in [0, 0.05) is 6.42 Å². The molecule has 0 aliphatic carbocycles. The lowest BCUT2D eigenvalue weighted by molar-refractivity contribution is 0.174. The molecule has 0 radical (unpaired) electrons. The molecule has 1 N–H and O–H groups in total. The second kappa shape index (κ2) is 5.46. The average Bonchev–Trinajstić information content (AvgIpc) is 2.53. The maximum atomic E-state index is 9.85. The van der Waals surface area contributed by atoms with Gasteiger partial charge in [0.15, 0.2) is 11.5 Å². The minimum atomic E-state index is -0.477. The highest BCUT2D eigenvalue weighted by Gasteiger charge is 2.13. The molecule has 1 heterocycles. The van der Waals surface area contributed by atoms with Gasteiger partial charge in [-0.15, -0.1) is 0 Å². The summed E-state index contributed by atoms with van der Waals surface area (Å²) < 4.78 is 11.1. The number of hydrogen-bond acceptors (Lipinski definition) is 4. The van der Waals surface area contributed by atoms with Gasteiger partial charge in [-0.3, -0.25) is 0 Å². The maximum absolute atomic E-state index is 9.85. The third-order valence-corrected chi connectivity index (χ3v) is 2.82. The normalized spacial score (nSPS) is 16.6. The van der Waals surface area contributed by atoms with Gasteiger partial charge in [0.1, 0.15) is 0 Å². The Morgan fingerprint density at radius 1 is 1.25 bits per heavy atom. The second-order valence-corrected chi connectivity index (χ2v) is 4.23. The Kier molecular flexibility index (Phi) is 3.96. The Hall–Kier alpha value is -0.870. The van der Waals surface area contributed by atoms with Crippen LogP contribution in [0, 0.1) is 0 Å². The summed E-state index contributed by atoms with van der Waals surface area (Å²) in [7, 11) is 0. The molecule has 1 aliphatic rings. The molecule has 0 bridgehead atoms. The Balaban J connectivity index is 2.20. The molecule has 0 amide bonds. The van der Waals surface area contributed by atoms with Crippen molar-refractivity contribution in [1.29, 1.82) is 0 Å². The van der Waals surface area contributed by atoms with Crippen LogP contribution in [0.2, 0.25) is 0 Å². The summed E-state index contributed by atoms with van der Waals surface area (Å²) in [5, 5.41) is 9.85. The lowest BCUT2D eigenvalue weighted by Crippen LogP contribution is -2.00. The minimum absolute atomic E-state index is 0.477. The number of rotatable bonds is 3. The van der Waals surface area contributed by atoms with Gasteiger partial charge in [-0.2, -0.15) is 12.6 Å². The number of fused-ring (bicyclic) bond motifs is 1. The van der Waals surface area contributed by atoms with Crippen LogP contribution in [0.1, 0.15) is 24.5 Å². The van der Waals surface area contributed by atoms with Crippen LogP contribution < -0.4 is 9.47 Å². The summed E-state index contributed by atoms with van der Waals surface area (Å²) in [6, 6.07) is 5.59. The molecule has 88 valence electrons. The SMILES string of the molecule is OC(CCS)c1ccc2c(c1)OCCCO2. The highest BCUT2D eigenvalue weighted by Crippen LogP contribution is 2.32. The van der Waals surface area contributed by atoms with Crippen LogP contribution >= 0.6 is 12.6 Å². The van der Waals surface area contributed by atoms with Gasteiger partial charge < -0.3 is 14.6 Å². The molecule has 1 aromatic rings. The van der Waals surface area contributed by atoms with Crippen LogP contribution in [-0.2, 0) is 0 Å². The van der Waals surface area contributed by atoms with E-state index in [1.807, 2.05) is 18.2 Å². The van der Waals surface area contributed by atoms with Crippen molar-refractivity contribution in [2.45, 2.75) is 18.9 Å². The summed E-state index contributed by atoms with van der Waals surface area (Å²) >= 11 is 4.11. The van der Waals surface area contributed by atoms with E-state index in [1.54, 1.807) is 0 Å². The van der Waals surface area contributed by atoms with Gasteiger partial charge in [-0.05, 0) is 29.9 Å². The zero-order valence-electron chi connectivity index (χ0n) is 9.06. The third kappa shape index (κ3) is 2.62. The summed E-state index contributed by atoms with van der Waals surface area (Å²) in [6.45, 7) is 1.35. The molecule has 1 aliphatic heterocycles. The number of aliphatic hydroxyl groups excluding tert-OH is 1. The van der Waals surface area contributed by atoms with Crippen LogP contribution in [0.5, 0.6) is 11.5 Å². The summed E-state index contributed by atoms with van der Waals surface area (Å²) in [4.78, 5) is 0. The molecular weight excluding hydrogens is 224 g/mol. The fourth-order valence-corrected chi connectivity index (χ4v) is 1.92. The molecular formula is C12H16O3S. The molecule has 1 unspecified atom stereocenters. The van der Waals surface area contributed by atoms with Gasteiger partial charge >= 0.3 is 0 Å². The van der Waals surface area contributed by atoms with E-state index in [9.17, 15) is 5.11 Å². The fourth-order valence-electron chi connectivity index (χ4n) is 1.68. The van der Waals surface area contributed by atoms with Crippen molar-refractivity contribution in [1.82, 2.24) is 0 Å². The van der Waals surface area contributed by atoms with Gasteiger partial charge in [0.2, 0.25) is 0 Å². The van der Waals surface area contributed by atoms with Gasteiger partial charge in [-0.1, -0.05) is 6.07 Å². The lowest BCUT2D eigenvalue weighted by atomic mass is 10.1. The van der Waals surface area contributed by atoms with Crippen molar-refractivity contribution in [2.75, 3.05) is 19.0 Å². The Labute approximate surface area is 101 Å². The van der Waals surface area contributed by atoms with Crippen LogP contribution in [-0.4, -0.2) is 24.1 Å². The molecule has 0 spiro atoms. The van der Waals surface area contributed by atoms with E-state index in [0.717, 1.165) is 23.5 Å². The summed E-state index contributed by atoms with van der Waals surface area (Å²) in [5.74, 6) is 2.16. The first-order valence-electron chi connectivity index (χ1n) is 5.49. The van der Waals surface area contributed by atoms with E-state index < -0.39 is 6.10 Å². The van der Waals surface area contributed by atoms with Crippen LogP contribution in [0.4, 0.5) is 0 Å². The molecule has 2 rings (SSSR count). The minimum Gasteiger partial charge on any atom is -0.490 e. The molecule has 1 atom stereocenters. The standard InChI is InChI=1S/C12H16O3S/c13-10(4-7-16)9-2-3-11-12(8-9)15-6-1-5-14-11/h2-3,8,10,13,16H,1,4-7H2. The zero-order valence-corrected chi connectivity index (χ0v) is 9.95. The maximum Gasteiger partial charge on any atom is 0.161 e. The average molecular weight is 240 g/mol. The molecule has 3 nitrogen and oxygen atoms in total. The monoisotopic (exact) mass is 240 g/mol. The van der Waals surface area contributed by atoms with E-state index >= 15 is 0 Å². The fraction of sp³-hybridized carbons (Fsp3) is 0.500. The number of benzene rings is 1. The topological polar surface area (TPSA) is 38.7 Å².